The van der Waals surface area contributed by atoms with Gasteiger partial charge in [0.15, 0.2) is 0 Å². The maximum atomic E-state index is 13.2. The van der Waals surface area contributed by atoms with E-state index in [1.807, 2.05) is 24.3 Å². The Morgan fingerprint density at radius 1 is 1.00 bits per heavy atom. The SMILES string of the molecule is Nc1ccc2c(c1)CN(c1cccc(F)c1)C2. The Balaban J connectivity index is 1.91. The van der Waals surface area contributed by atoms with Crippen molar-refractivity contribution in [2.24, 2.45) is 0 Å². The molecule has 17 heavy (non-hydrogen) atoms. The molecule has 3 heteroatoms. The second-order valence-electron chi connectivity index (χ2n) is 4.36. The average molecular weight is 228 g/mol. The summed E-state index contributed by atoms with van der Waals surface area (Å²) in [6.07, 6.45) is 0. The highest BCUT2D eigenvalue weighted by molar-refractivity contribution is 5.55. The Morgan fingerprint density at radius 3 is 2.65 bits per heavy atom. The highest BCUT2D eigenvalue weighted by Crippen LogP contribution is 2.29. The Morgan fingerprint density at radius 2 is 1.82 bits per heavy atom. The van der Waals surface area contributed by atoms with Gasteiger partial charge in [0.1, 0.15) is 5.82 Å². The van der Waals surface area contributed by atoms with Crippen LogP contribution >= 0.6 is 0 Å². The molecule has 0 aliphatic carbocycles. The lowest BCUT2D eigenvalue weighted by molar-refractivity contribution is 0.626. The van der Waals surface area contributed by atoms with Crippen LogP contribution in [0.3, 0.4) is 0 Å². The summed E-state index contributed by atoms with van der Waals surface area (Å²) in [6.45, 7) is 1.61. The highest BCUT2D eigenvalue weighted by atomic mass is 19.1. The first-order chi connectivity index (χ1) is 8.22. The largest absolute Gasteiger partial charge is 0.399 e. The lowest BCUT2D eigenvalue weighted by atomic mass is 10.1. The van der Waals surface area contributed by atoms with E-state index in [4.69, 9.17) is 5.73 Å². The van der Waals surface area contributed by atoms with Gasteiger partial charge in [-0.2, -0.15) is 0 Å². The molecule has 0 amide bonds. The highest BCUT2D eigenvalue weighted by Gasteiger charge is 2.19. The number of benzene rings is 2. The van der Waals surface area contributed by atoms with Crippen LogP contribution in [0.15, 0.2) is 42.5 Å². The second-order valence-corrected chi connectivity index (χ2v) is 4.36. The van der Waals surface area contributed by atoms with Gasteiger partial charge in [0.25, 0.3) is 0 Å². The van der Waals surface area contributed by atoms with Crippen molar-refractivity contribution < 1.29 is 4.39 Å². The van der Waals surface area contributed by atoms with Crippen molar-refractivity contribution in [1.82, 2.24) is 0 Å². The van der Waals surface area contributed by atoms with Crippen LogP contribution in [-0.4, -0.2) is 0 Å². The first-order valence-electron chi connectivity index (χ1n) is 5.60. The second kappa shape index (κ2) is 3.77. The fourth-order valence-electron chi connectivity index (χ4n) is 2.27. The summed E-state index contributed by atoms with van der Waals surface area (Å²) in [5, 5.41) is 0. The molecule has 2 N–H and O–H groups in total. The van der Waals surface area contributed by atoms with Gasteiger partial charge in [0.2, 0.25) is 0 Å². The molecule has 0 radical (unpaired) electrons. The smallest absolute Gasteiger partial charge is 0.125 e. The predicted octanol–water partition coefficient (Wildman–Crippen LogP) is 2.93. The molecule has 0 fully saturated rings. The van der Waals surface area contributed by atoms with Crippen molar-refractivity contribution in [3.63, 3.8) is 0 Å². The van der Waals surface area contributed by atoms with Crippen molar-refractivity contribution in [2.45, 2.75) is 13.1 Å². The van der Waals surface area contributed by atoms with E-state index < -0.39 is 0 Å². The molecule has 0 saturated heterocycles. The Bertz CT molecular complexity index is 566. The summed E-state index contributed by atoms with van der Waals surface area (Å²) in [5.41, 5.74) is 9.96. The predicted molar refractivity (Wildman–Crippen MR) is 67.1 cm³/mol. The molecule has 0 spiro atoms. The van der Waals surface area contributed by atoms with Crippen LogP contribution in [0.2, 0.25) is 0 Å². The number of hydrogen-bond acceptors (Lipinski definition) is 2. The van der Waals surface area contributed by atoms with Gasteiger partial charge in [-0.3, -0.25) is 0 Å². The molecule has 3 rings (SSSR count). The molecular weight excluding hydrogens is 215 g/mol. The monoisotopic (exact) mass is 228 g/mol. The fraction of sp³-hybridized carbons (Fsp3) is 0.143. The molecule has 1 heterocycles. The standard InChI is InChI=1S/C14H13FN2/c15-12-2-1-3-14(7-12)17-8-10-4-5-13(16)6-11(10)9-17/h1-7H,8-9,16H2. The van der Waals surface area contributed by atoms with Gasteiger partial charge >= 0.3 is 0 Å². The molecular formula is C14H13FN2. The zero-order valence-electron chi connectivity index (χ0n) is 9.36. The van der Waals surface area contributed by atoms with Gasteiger partial charge in [-0.25, -0.2) is 4.39 Å². The van der Waals surface area contributed by atoms with Gasteiger partial charge < -0.3 is 10.6 Å². The third kappa shape index (κ3) is 1.84. The van der Waals surface area contributed by atoms with Gasteiger partial charge in [0, 0.05) is 24.5 Å². The number of fused-ring (bicyclic) bond motifs is 1. The third-order valence-corrected chi connectivity index (χ3v) is 3.13. The minimum atomic E-state index is -0.196. The van der Waals surface area contributed by atoms with E-state index in [9.17, 15) is 4.39 Å². The lowest BCUT2D eigenvalue weighted by Crippen LogP contribution is -2.14. The van der Waals surface area contributed by atoms with E-state index in [-0.39, 0.29) is 5.82 Å². The summed E-state index contributed by atoms with van der Waals surface area (Å²) < 4.78 is 13.2. The van der Waals surface area contributed by atoms with E-state index in [1.165, 1.54) is 17.2 Å². The fourth-order valence-corrected chi connectivity index (χ4v) is 2.27. The van der Waals surface area contributed by atoms with E-state index in [0.29, 0.717) is 0 Å². The topological polar surface area (TPSA) is 29.3 Å². The van der Waals surface area contributed by atoms with Crippen LogP contribution in [0.1, 0.15) is 11.1 Å². The maximum absolute atomic E-state index is 13.2. The van der Waals surface area contributed by atoms with E-state index in [0.717, 1.165) is 24.5 Å². The number of nitrogens with two attached hydrogens (primary N) is 1. The summed E-state index contributed by atoms with van der Waals surface area (Å²) in [5.74, 6) is -0.196. The van der Waals surface area contributed by atoms with Crippen molar-refractivity contribution >= 4 is 11.4 Å². The normalized spacial score (nSPS) is 13.8. The van der Waals surface area contributed by atoms with Crippen molar-refractivity contribution in [3.05, 3.63) is 59.4 Å². The quantitative estimate of drug-likeness (QED) is 0.760. The molecule has 1 aliphatic rings. The molecule has 2 aromatic carbocycles. The zero-order chi connectivity index (χ0) is 11.8. The Hall–Kier alpha value is -2.03. The Kier molecular flexibility index (Phi) is 2.25. The summed E-state index contributed by atoms with van der Waals surface area (Å²) in [6, 6.07) is 12.6. The first kappa shape index (κ1) is 10.1. The van der Waals surface area contributed by atoms with Crippen LogP contribution in [-0.2, 0) is 13.1 Å². The van der Waals surface area contributed by atoms with Crippen LogP contribution < -0.4 is 10.6 Å². The van der Waals surface area contributed by atoms with Gasteiger partial charge in [-0.1, -0.05) is 12.1 Å². The number of nitrogen functional groups attached to an aromatic ring is 1. The third-order valence-electron chi connectivity index (χ3n) is 3.13. The number of rotatable bonds is 1. The van der Waals surface area contributed by atoms with Crippen molar-refractivity contribution in [2.75, 3.05) is 10.6 Å². The van der Waals surface area contributed by atoms with E-state index in [2.05, 4.69) is 4.90 Å². The van der Waals surface area contributed by atoms with E-state index in [1.54, 1.807) is 12.1 Å². The Labute approximate surface area is 99.5 Å². The summed E-state index contributed by atoms with van der Waals surface area (Å²) >= 11 is 0. The van der Waals surface area contributed by atoms with Gasteiger partial charge in [-0.05, 0) is 41.5 Å². The number of hydrogen-bond donors (Lipinski definition) is 1. The number of anilines is 2. The van der Waals surface area contributed by atoms with Crippen LogP contribution in [0.4, 0.5) is 15.8 Å². The van der Waals surface area contributed by atoms with Crippen LogP contribution in [0.25, 0.3) is 0 Å². The average Bonchev–Trinajstić information content (AvgIpc) is 2.72. The molecule has 0 saturated carbocycles. The molecule has 0 bridgehead atoms. The maximum Gasteiger partial charge on any atom is 0.125 e. The van der Waals surface area contributed by atoms with Gasteiger partial charge in [-0.15, -0.1) is 0 Å². The van der Waals surface area contributed by atoms with Gasteiger partial charge in [0.05, 0.1) is 0 Å². The minimum absolute atomic E-state index is 0.196. The summed E-state index contributed by atoms with van der Waals surface area (Å²) in [4.78, 5) is 2.15. The van der Waals surface area contributed by atoms with Crippen molar-refractivity contribution in [1.29, 1.82) is 0 Å². The van der Waals surface area contributed by atoms with Crippen molar-refractivity contribution in [3.8, 4) is 0 Å². The molecule has 86 valence electrons. The van der Waals surface area contributed by atoms with Crippen LogP contribution in [0, 0.1) is 5.82 Å². The van der Waals surface area contributed by atoms with Crippen LogP contribution in [0.5, 0.6) is 0 Å². The lowest BCUT2D eigenvalue weighted by Gasteiger charge is -2.17. The molecule has 1 aliphatic heterocycles. The first-order valence-corrected chi connectivity index (χ1v) is 5.60. The molecule has 0 aromatic heterocycles. The molecule has 2 aromatic rings. The molecule has 0 atom stereocenters. The summed E-state index contributed by atoms with van der Waals surface area (Å²) in [7, 11) is 0. The minimum Gasteiger partial charge on any atom is -0.399 e. The van der Waals surface area contributed by atoms with E-state index >= 15 is 0 Å². The number of nitrogens with zero attached hydrogens (tertiary/aromatic N) is 1. The molecule has 2 nitrogen and oxygen atoms in total. The zero-order valence-corrected chi connectivity index (χ0v) is 9.36. The molecule has 0 unspecified atom stereocenters. The number of halogens is 1.